The van der Waals surface area contributed by atoms with Crippen molar-refractivity contribution in [3.8, 4) is 11.3 Å². The van der Waals surface area contributed by atoms with Crippen molar-refractivity contribution in [3.63, 3.8) is 0 Å². The first kappa shape index (κ1) is 23.1. The number of aromatic nitrogens is 5. The highest BCUT2D eigenvalue weighted by molar-refractivity contribution is 6.34. The fraction of sp³-hybridized carbons (Fsp3) is 0.174. The van der Waals surface area contributed by atoms with E-state index in [1.54, 1.807) is 44.7 Å². The predicted molar refractivity (Wildman–Crippen MR) is 130 cm³/mol. The molecule has 34 heavy (non-hydrogen) atoms. The lowest BCUT2D eigenvalue weighted by molar-refractivity contribution is 0.0828. The number of nitrogens with zero attached hydrogens (tertiary/aromatic N) is 5. The van der Waals surface area contributed by atoms with E-state index in [0.29, 0.717) is 39.3 Å². The molecule has 0 aliphatic heterocycles. The SMILES string of the molecule is CN(C)C(=O)c1ccc(Nc2ncc(-c3cn[nH]n3)c(N[C@H](CO)c3ccccc3)n2)cc1Cl. The first-order valence-electron chi connectivity index (χ1n) is 10.4. The smallest absolute Gasteiger partial charge is 0.254 e. The van der Waals surface area contributed by atoms with Crippen LogP contribution in [0.1, 0.15) is 22.0 Å². The van der Waals surface area contributed by atoms with Crippen LogP contribution in [-0.2, 0) is 0 Å². The second-order valence-electron chi connectivity index (χ2n) is 7.62. The van der Waals surface area contributed by atoms with E-state index < -0.39 is 6.04 Å². The highest BCUT2D eigenvalue weighted by atomic mass is 35.5. The van der Waals surface area contributed by atoms with E-state index in [9.17, 15) is 9.90 Å². The van der Waals surface area contributed by atoms with Crippen LogP contribution in [0.15, 0.2) is 60.9 Å². The number of anilines is 3. The van der Waals surface area contributed by atoms with E-state index in [1.807, 2.05) is 30.3 Å². The molecule has 0 aliphatic rings. The molecule has 0 saturated heterocycles. The Labute approximate surface area is 201 Å². The van der Waals surface area contributed by atoms with E-state index >= 15 is 0 Å². The van der Waals surface area contributed by atoms with Gasteiger partial charge in [-0.1, -0.05) is 41.9 Å². The first-order valence-corrected chi connectivity index (χ1v) is 10.8. The molecule has 0 radical (unpaired) electrons. The molecule has 4 rings (SSSR count). The number of halogens is 1. The number of H-pyrrole nitrogens is 1. The third-order valence-corrected chi connectivity index (χ3v) is 5.35. The summed E-state index contributed by atoms with van der Waals surface area (Å²) in [5.74, 6) is 0.564. The summed E-state index contributed by atoms with van der Waals surface area (Å²) in [6, 6.07) is 14.2. The molecule has 0 fully saturated rings. The highest BCUT2D eigenvalue weighted by Gasteiger charge is 2.18. The van der Waals surface area contributed by atoms with Crippen LogP contribution >= 0.6 is 11.6 Å². The maximum atomic E-state index is 12.2. The molecule has 0 spiro atoms. The number of rotatable bonds is 8. The van der Waals surface area contributed by atoms with E-state index in [0.717, 1.165) is 5.56 Å². The molecule has 4 aromatic rings. The van der Waals surface area contributed by atoms with E-state index in [1.165, 1.54) is 4.90 Å². The zero-order chi connectivity index (χ0) is 24.1. The van der Waals surface area contributed by atoms with Gasteiger partial charge >= 0.3 is 0 Å². The minimum Gasteiger partial charge on any atom is -0.394 e. The van der Waals surface area contributed by atoms with Crippen molar-refractivity contribution in [2.75, 3.05) is 31.3 Å². The largest absolute Gasteiger partial charge is 0.394 e. The highest BCUT2D eigenvalue weighted by Crippen LogP contribution is 2.29. The minimum atomic E-state index is -0.402. The summed E-state index contributed by atoms with van der Waals surface area (Å²) in [4.78, 5) is 22.7. The molecule has 1 amide bonds. The second-order valence-corrected chi connectivity index (χ2v) is 8.03. The number of hydrogen-bond acceptors (Lipinski definition) is 8. The van der Waals surface area contributed by atoms with Crippen LogP contribution in [0.2, 0.25) is 5.02 Å². The van der Waals surface area contributed by atoms with Crippen molar-refractivity contribution in [1.82, 2.24) is 30.3 Å². The van der Waals surface area contributed by atoms with E-state index in [-0.39, 0.29) is 12.5 Å². The summed E-state index contributed by atoms with van der Waals surface area (Å²) in [7, 11) is 3.33. The topological polar surface area (TPSA) is 132 Å². The number of aromatic amines is 1. The molecule has 0 bridgehead atoms. The van der Waals surface area contributed by atoms with Gasteiger partial charge in [0.15, 0.2) is 0 Å². The Balaban J connectivity index is 1.65. The standard InChI is InChI=1S/C23H23ClN8O2/c1-32(2)22(34)16-9-8-15(10-18(16)24)27-23-25-11-17(19-12-26-31-30-19)21(29-23)28-20(13-33)14-6-4-3-5-7-14/h3-12,20,33H,13H2,1-2H3,(H,26,30,31)(H2,25,27,28,29)/t20-/m1/s1. The second kappa shape index (κ2) is 10.3. The fourth-order valence-electron chi connectivity index (χ4n) is 3.29. The minimum absolute atomic E-state index is 0.147. The van der Waals surface area contributed by atoms with Gasteiger partial charge in [0, 0.05) is 26.0 Å². The zero-order valence-corrected chi connectivity index (χ0v) is 19.3. The normalized spacial score (nSPS) is 11.6. The number of carbonyl (C=O) groups is 1. The molecule has 1 atom stereocenters. The number of aliphatic hydroxyl groups is 1. The molecule has 2 heterocycles. The van der Waals surface area contributed by atoms with Crippen molar-refractivity contribution < 1.29 is 9.90 Å². The van der Waals surface area contributed by atoms with E-state index in [2.05, 4.69) is 36.0 Å². The molecule has 4 N–H and O–H groups in total. The first-order chi connectivity index (χ1) is 16.5. The quantitative estimate of drug-likeness (QED) is 0.302. The number of hydrogen-bond donors (Lipinski definition) is 4. The Kier molecular flexibility index (Phi) is 7.00. The Morgan fingerprint density at radius 3 is 2.62 bits per heavy atom. The average Bonchev–Trinajstić information content (AvgIpc) is 3.37. The number of benzene rings is 2. The molecule has 0 aliphatic carbocycles. The zero-order valence-electron chi connectivity index (χ0n) is 18.5. The maximum absolute atomic E-state index is 12.2. The number of amides is 1. The molecule has 11 heteroatoms. The van der Waals surface area contributed by atoms with Gasteiger partial charge in [-0.05, 0) is 23.8 Å². The lowest BCUT2D eigenvalue weighted by atomic mass is 10.1. The van der Waals surface area contributed by atoms with Crippen molar-refractivity contribution in [1.29, 1.82) is 0 Å². The molecule has 2 aromatic heterocycles. The van der Waals surface area contributed by atoms with Gasteiger partial charge in [0.05, 0.1) is 35.0 Å². The Hall–Kier alpha value is -4.02. The van der Waals surface area contributed by atoms with Crippen LogP contribution in [0.25, 0.3) is 11.3 Å². The third kappa shape index (κ3) is 5.13. The van der Waals surface area contributed by atoms with Crippen LogP contribution in [0.5, 0.6) is 0 Å². The van der Waals surface area contributed by atoms with Gasteiger partial charge in [-0.25, -0.2) is 4.98 Å². The summed E-state index contributed by atoms with van der Waals surface area (Å²) in [6.07, 6.45) is 3.17. The molecule has 0 saturated carbocycles. The lowest BCUT2D eigenvalue weighted by Crippen LogP contribution is -2.22. The summed E-state index contributed by atoms with van der Waals surface area (Å²) < 4.78 is 0. The maximum Gasteiger partial charge on any atom is 0.254 e. The van der Waals surface area contributed by atoms with Crippen LogP contribution < -0.4 is 10.6 Å². The van der Waals surface area contributed by atoms with Gasteiger partial charge in [0.2, 0.25) is 5.95 Å². The monoisotopic (exact) mass is 478 g/mol. The van der Waals surface area contributed by atoms with E-state index in [4.69, 9.17) is 11.6 Å². The number of aliphatic hydroxyl groups excluding tert-OH is 1. The van der Waals surface area contributed by atoms with Gasteiger partial charge in [-0.3, -0.25) is 4.79 Å². The molecular weight excluding hydrogens is 456 g/mol. The van der Waals surface area contributed by atoms with Crippen molar-refractivity contribution >= 4 is 35.0 Å². The van der Waals surface area contributed by atoms with Crippen LogP contribution in [-0.4, -0.2) is 62.0 Å². The van der Waals surface area contributed by atoms with Crippen LogP contribution in [0.4, 0.5) is 17.5 Å². The Bertz CT molecular complexity index is 1270. The Morgan fingerprint density at radius 1 is 1.18 bits per heavy atom. The Morgan fingerprint density at radius 2 is 1.97 bits per heavy atom. The summed E-state index contributed by atoms with van der Waals surface area (Å²) >= 11 is 6.33. The van der Waals surface area contributed by atoms with Gasteiger partial charge in [-0.15, -0.1) is 0 Å². The summed E-state index contributed by atoms with van der Waals surface area (Å²) in [5, 5.41) is 27.3. The van der Waals surface area contributed by atoms with Crippen molar-refractivity contribution in [3.05, 3.63) is 77.1 Å². The number of nitrogens with one attached hydrogen (secondary N) is 3. The van der Waals surface area contributed by atoms with Crippen LogP contribution in [0.3, 0.4) is 0 Å². The van der Waals surface area contributed by atoms with Gasteiger partial charge in [-0.2, -0.15) is 20.4 Å². The van der Waals surface area contributed by atoms with Crippen LogP contribution in [0, 0.1) is 0 Å². The summed E-state index contributed by atoms with van der Waals surface area (Å²) in [6.45, 7) is -0.147. The number of carbonyl (C=O) groups excluding carboxylic acids is 1. The predicted octanol–water partition coefficient (Wildman–Crippen LogP) is 3.51. The van der Waals surface area contributed by atoms with Gasteiger partial charge in [0.25, 0.3) is 5.91 Å². The lowest BCUT2D eigenvalue weighted by Gasteiger charge is -2.19. The summed E-state index contributed by atoms with van der Waals surface area (Å²) in [5.41, 5.74) is 3.07. The van der Waals surface area contributed by atoms with Crippen molar-refractivity contribution in [2.45, 2.75) is 6.04 Å². The fourth-order valence-corrected chi connectivity index (χ4v) is 3.55. The molecule has 0 unspecified atom stereocenters. The third-order valence-electron chi connectivity index (χ3n) is 5.04. The van der Waals surface area contributed by atoms with Gasteiger partial charge < -0.3 is 20.6 Å². The molecule has 174 valence electrons. The van der Waals surface area contributed by atoms with Gasteiger partial charge in [0.1, 0.15) is 11.5 Å². The molecule has 2 aromatic carbocycles. The molecular formula is C23H23ClN8O2. The van der Waals surface area contributed by atoms with Crippen molar-refractivity contribution in [2.24, 2.45) is 0 Å². The molecule has 10 nitrogen and oxygen atoms in total. The average molecular weight is 479 g/mol.